The van der Waals surface area contributed by atoms with Gasteiger partial charge in [-0.15, -0.1) is 16.4 Å². The molecule has 3 rings (SSSR count). The van der Waals surface area contributed by atoms with E-state index in [1.165, 1.54) is 16.6 Å². The zero-order chi connectivity index (χ0) is 16.9. The number of amides is 1. The molecule has 0 aliphatic heterocycles. The van der Waals surface area contributed by atoms with Crippen LogP contribution >= 0.6 is 23.1 Å². The molecule has 0 radical (unpaired) electrons. The van der Waals surface area contributed by atoms with Crippen molar-refractivity contribution in [1.29, 1.82) is 0 Å². The van der Waals surface area contributed by atoms with Crippen molar-refractivity contribution in [3.63, 3.8) is 0 Å². The molecule has 3 aromatic rings. The van der Waals surface area contributed by atoms with Crippen LogP contribution in [0.4, 0.5) is 0 Å². The van der Waals surface area contributed by atoms with Crippen molar-refractivity contribution in [1.82, 2.24) is 25.1 Å². The molecule has 0 atom stereocenters. The van der Waals surface area contributed by atoms with Crippen LogP contribution in [0, 0.1) is 6.92 Å². The largest absolute Gasteiger partial charge is 0.464 e. The molecule has 0 saturated heterocycles. The number of rotatable bonds is 7. The molecule has 3 aromatic heterocycles. The summed E-state index contributed by atoms with van der Waals surface area (Å²) < 4.78 is 7.20. The van der Waals surface area contributed by atoms with Crippen LogP contribution in [0.25, 0.3) is 0 Å². The van der Waals surface area contributed by atoms with Crippen LogP contribution in [0.3, 0.4) is 0 Å². The fourth-order valence-electron chi connectivity index (χ4n) is 2.08. The smallest absolute Gasteiger partial charge is 0.233 e. The SMILES string of the molecule is Cc1ccc(CN(C)C(=O)CSc2nnnn2Cc2cccs2)o1. The molecule has 0 aliphatic rings. The van der Waals surface area contributed by atoms with Gasteiger partial charge in [-0.05, 0) is 40.9 Å². The molecular formula is C15H17N5O2S2. The third kappa shape index (κ3) is 4.24. The molecular weight excluding hydrogens is 346 g/mol. The maximum absolute atomic E-state index is 12.3. The fourth-order valence-corrected chi connectivity index (χ4v) is 3.58. The van der Waals surface area contributed by atoms with Gasteiger partial charge in [0, 0.05) is 11.9 Å². The molecule has 0 bridgehead atoms. The second-order valence-corrected chi connectivity index (χ2v) is 7.22. The van der Waals surface area contributed by atoms with Gasteiger partial charge < -0.3 is 9.32 Å². The van der Waals surface area contributed by atoms with Gasteiger partial charge in [0.1, 0.15) is 11.5 Å². The highest BCUT2D eigenvalue weighted by Crippen LogP contribution is 2.18. The zero-order valence-corrected chi connectivity index (χ0v) is 15.0. The molecule has 3 heterocycles. The van der Waals surface area contributed by atoms with Gasteiger partial charge in [0.15, 0.2) is 0 Å². The summed E-state index contributed by atoms with van der Waals surface area (Å²) in [4.78, 5) is 15.1. The van der Waals surface area contributed by atoms with Gasteiger partial charge in [0.05, 0.1) is 18.8 Å². The van der Waals surface area contributed by atoms with E-state index in [0.29, 0.717) is 18.2 Å². The van der Waals surface area contributed by atoms with Crippen molar-refractivity contribution in [2.45, 2.75) is 25.2 Å². The first-order valence-corrected chi connectivity index (χ1v) is 9.19. The van der Waals surface area contributed by atoms with Gasteiger partial charge in [-0.3, -0.25) is 4.79 Å². The molecule has 0 N–H and O–H groups in total. The summed E-state index contributed by atoms with van der Waals surface area (Å²) in [5, 5.41) is 14.3. The molecule has 126 valence electrons. The molecule has 1 amide bonds. The number of thiophene rings is 1. The van der Waals surface area contributed by atoms with Crippen molar-refractivity contribution in [2.75, 3.05) is 12.8 Å². The number of furan rings is 1. The summed E-state index contributed by atoms with van der Waals surface area (Å²) in [6, 6.07) is 7.80. The van der Waals surface area contributed by atoms with Crippen molar-refractivity contribution in [3.8, 4) is 0 Å². The predicted octanol–water partition coefficient (Wildman–Crippen LogP) is 2.44. The molecule has 24 heavy (non-hydrogen) atoms. The first-order chi connectivity index (χ1) is 11.6. The maximum Gasteiger partial charge on any atom is 0.233 e. The molecule has 0 unspecified atom stereocenters. The molecule has 0 fully saturated rings. The number of aromatic nitrogens is 4. The summed E-state index contributed by atoms with van der Waals surface area (Å²) in [7, 11) is 1.76. The van der Waals surface area contributed by atoms with E-state index in [9.17, 15) is 4.79 Å². The topological polar surface area (TPSA) is 77.1 Å². The Labute approximate surface area is 147 Å². The summed E-state index contributed by atoms with van der Waals surface area (Å²) in [6.45, 7) is 2.95. The van der Waals surface area contributed by atoms with Crippen molar-refractivity contribution < 1.29 is 9.21 Å². The minimum atomic E-state index is -0.000253. The van der Waals surface area contributed by atoms with Crippen LogP contribution in [0.5, 0.6) is 0 Å². The predicted molar refractivity (Wildman–Crippen MR) is 91.9 cm³/mol. The second-order valence-electron chi connectivity index (χ2n) is 5.25. The molecule has 9 heteroatoms. The van der Waals surface area contributed by atoms with Gasteiger partial charge in [-0.1, -0.05) is 17.8 Å². The first-order valence-electron chi connectivity index (χ1n) is 7.32. The molecule has 7 nitrogen and oxygen atoms in total. The quantitative estimate of drug-likeness (QED) is 0.600. The van der Waals surface area contributed by atoms with E-state index in [-0.39, 0.29) is 11.7 Å². The minimum absolute atomic E-state index is 0.000253. The Kier molecular flexibility index (Phi) is 5.31. The minimum Gasteiger partial charge on any atom is -0.464 e. The van der Waals surface area contributed by atoms with Crippen LogP contribution in [-0.2, 0) is 17.9 Å². The Morgan fingerprint density at radius 1 is 1.42 bits per heavy atom. The molecule has 0 aromatic carbocycles. The number of aryl methyl sites for hydroxylation is 1. The number of hydrogen-bond acceptors (Lipinski definition) is 7. The summed E-state index contributed by atoms with van der Waals surface area (Å²) in [5.74, 6) is 1.89. The van der Waals surface area contributed by atoms with Crippen molar-refractivity contribution in [3.05, 3.63) is 46.0 Å². The Morgan fingerprint density at radius 2 is 2.29 bits per heavy atom. The number of carbonyl (C=O) groups excluding carboxylic acids is 1. The monoisotopic (exact) mass is 363 g/mol. The van der Waals surface area contributed by atoms with Crippen LogP contribution in [-0.4, -0.2) is 43.8 Å². The Morgan fingerprint density at radius 3 is 3.00 bits per heavy atom. The average Bonchev–Trinajstić information content (AvgIpc) is 3.29. The van der Waals surface area contributed by atoms with E-state index in [0.717, 1.165) is 11.5 Å². The van der Waals surface area contributed by atoms with Crippen LogP contribution < -0.4 is 0 Å². The Balaban J connectivity index is 1.53. The average molecular weight is 363 g/mol. The van der Waals surface area contributed by atoms with Crippen molar-refractivity contribution >= 4 is 29.0 Å². The van der Waals surface area contributed by atoms with E-state index in [1.807, 2.05) is 36.6 Å². The lowest BCUT2D eigenvalue weighted by molar-refractivity contribution is -0.127. The number of tetrazole rings is 1. The van der Waals surface area contributed by atoms with Gasteiger partial charge in [-0.2, -0.15) is 0 Å². The number of carbonyl (C=O) groups is 1. The van der Waals surface area contributed by atoms with Crippen molar-refractivity contribution in [2.24, 2.45) is 0 Å². The highest BCUT2D eigenvalue weighted by molar-refractivity contribution is 7.99. The lowest BCUT2D eigenvalue weighted by atomic mass is 10.4. The molecule has 0 aliphatic carbocycles. The van der Waals surface area contributed by atoms with Crippen LogP contribution in [0.1, 0.15) is 16.4 Å². The van der Waals surface area contributed by atoms with E-state index in [2.05, 4.69) is 15.5 Å². The Bertz CT molecular complexity index is 797. The molecule has 0 saturated carbocycles. The zero-order valence-electron chi connectivity index (χ0n) is 13.4. The highest BCUT2D eigenvalue weighted by atomic mass is 32.2. The fraction of sp³-hybridized carbons (Fsp3) is 0.333. The summed E-state index contributed by atoms with van der Waals surface area (Å²) >= 11 is 2.99. The lowest BCUT2D eigenvalue weighted by Gasteiger charge is -2.15. The Hall–Kier alpha value is -2.13. The number of nitrogens with zero attached hydrogens (tertiary/aromatic N) is 5. The van der Waals surface area contributed by atoms with E-state index in [1.54, 1.807) is 28.0 Å². The standard InChI is InChI=1S/C15H17N5O2S2/c1-11-5-6-12(22-11)8-19(2)14(21)10-24-15-16-17-18-20(15)9-13-4-3-7-23-13/h3-7H,8-10H2,1-2H3. The first kappa shape index (κ1) is 16.7. The van der Waals surface area contributed by atoms with E-state index < -0.39 is 0 Å². The van der Waals surface area contributed by atoms with E-state index in [4.69, 9.17) is 4.42 Å². The lowest BCUT2D eigenvalue weighted by Crippen LogP contribution is -2.27. The number of hydrogen-bond donors (Lipinski definition) is 0. The van der Waals surface area contributed by atoms with Gasteiger partial charge in [-0.25, -0.2) is 4.68 Å². The van der Waals surface area contributed by atoms with Gasteiger partial charge in [0.25, 0.3) is 0 Å². The normalized spacial score (nSPS) is 10.9. The highest BCUT2D eigenvalue weighted by Gasteiger charge is 2.15. The summed E-state index contributed by atoms with van der Waals surface area (Å²) in [6.07, 6.45) is 0. The van der Waals surface area contributed by atoms with Gasteiger partial charge in [0.2, 0.25) is 11.1 Å². The maximum atomic E-state index is 12.3. The molecule has 0 spiro atoms. The second kappa shape index (κ2) is 7.63. The summed E-state index contributed by atoms with van der Waals surface area (Å²) in [5.41, 5.74) is 0. The van der Waals surface area contributed by atoms with Crippen LogP contribution in [0.15, 0.2) is 39.2 Å². The van der Waals surface area contributed by atoms with Crippen LogP contribution in [0.2, 0.25) is 0 Å². The number of thioether (sulfide) groups is 1. The van der Waals surface area contributed by atoms with Gasteiger partial charge >= 0.3 is 0 Å². The third-order valence-electron chi connectivity index (χ3n) is 3.32. The third-order valence-corrected chi connectivity index (χ3v) is 5.13. The van der Waals surface area contributed by atoms with E-state index >= 15 is 0 Å².